The van der Waals surface area contributed by atoms with Gasteiger partial charge in [-0.1, -0.05) is 35.9 Å². The van der Waals surface area contributed by atoms with Crippen LogP contribution in [0.5, 0.6) is 5.75 Å². The van der Waals surface area contributed by atoms with Gasteiger partial charge in [-0.25, -0.2) is 0 Å². The maximum Gasteiger partial charge on any atom is 0.387 e. The number of halogens is 3. The van der Waals surface area contributed by atoms with Crippen molar-refractivity contribution in [3.63, 3.8) is 0 Å². The van der Waals surface area contributed by atoms with Gasteiger partial charge in [0.05, 0.1) is 15.5 Å². The van der Waals surface area contributed by atoms with E-state index in [1.807, 2.05) is 0 Å². The van der Waals surface area contributed by atoms with E-state index in [0.717, 1.165) is 16.7 Å². The molecule has 2 aromatic rings. The Balaban J connectivity index is 1.58. The molecule has 0 saturated carbocycles. The standard InChI is InChI=1S/C20H15ClF2N2O4S/c21-15-4-2-1-3-14(15)17(26)24-9-10-25-18(27)16(30-20(25)28)11-12-5-7-13(8-6-12)29-19(22)23/h1-8,11,19H,9-10H2,(H,24,26)/b16-11-. The van der Waals surface area contributed by atoms with Crippen LogP contribution in [0.2, 0.25) is 5.02 Å². The summed E-state index contributed by atoms with van der Waals surface area (Å²) in [7, 11) is 0. The fourth-order valence-electron chi connectivity index (χ4n) is 2.61. The molecule has 10 heteroatoms. The third-order valence-electron chi connectivity index (χ3n) is 4.02. The van der Waals surface area contributed by atoms with E-state index in [2.05, 4.69) is 10.1 Å². The molecule has 6 nitrogen and oxygen atoms in total. The summed E-state index contributed by atoms with van der Waals surface area (Å²) in [5.74, 6) is -0.913. The summed E-state index contributed by atoms with van der Waals surface area (Å²) in [5.41, 5.74) is 0.849. The first kappa shape index (κ1) is 21.8. The van der Waals surface area contributed by atoms with Crippen molar-refractivity contribution in [1.82, 2.24) is 10.2 Å². The van der Waals surface area contributed by atoms with Gasteiger partial charge in [0.1, 0.15) is 5.75 Å². The van der Waals surface area contributed by atoms with Crippen molar-refractivity contribution in [2.75, 3.05) is 13.1 Å². The van der Waals surface area contributed by atoms with Gasteiger partial charge in [-0.3, -0.25) is 19.3 Å². The number of nitrogens with one attached hydrogen (secondary N) is 1. The van der Waals surface area contributed by atoms with Gasteiger partial charge in [0.2, 0.25) is 0 Å². The molecule has 1 fully saturated rings. The summed E-state index contributed by atoms with van der Waals surface area (Å²) >= 11 is 6.73. The van der Waals surface area contributed by atoms with Crippen molar-refractivity contribution >= 4 is 46.5 Å². The molecule has 156 valence electrons. The monoisotopic (exact) mass is 452 g/mol. The quantitative estimate of drug-likeness (QED) is 0.630. The van der Waals surface area contributed by atoms with Crippen molar-refractivity contribution in [3.05, 3.63) is 69.6 Å². The zero-order valence-electron chi connectivity index (χ0n) is 15.3. The Bertz CT molecular complexity index is 999. The highest BCUT2D eigenvalue weighted by Gasteiger charge is 2.34. The Kier molecular flexibility index (Phi) is 7.07. The van der Waals surface area contributed by atoms with Crippen LogP contribution >= 0.6 is 23.4 Å². The molecule has 0 bridgehead atoms. The van der Waals surface area contributed by atoms with E-state index in [9.17, 15) is 23.2 Å². The minimum atomic E-state index is -2.93. The van der Waals surface area contributed by atoms with Gasteiger partial charge < -0.3 is 10.1 Å². The first-order valence-corrected chi connectivity index (χ1v) is 9.87. The molecule has 0 radical (unpaired) electrons. The van der Waals surface area contributed by atoms with Crippen LogP contribution in [-0.4, -0.2) is 41.7 Å². The summed E-state index contributed by atoms with van der Waals surface area (Å²) in [6, 6.07) is 12.2. The van der Waals surface area contributed by atoms with Gasteiger partial charge >= 0.3 is 6.61 Å². The number of carbonyl (C=O) groups excluding carboxylic acids is 3. The molecule has 3 amide bonds. The fraction of sp³-hybridized carbons (Fsp3) is 0.150. The average molecular weight is 453 g/mol. The second kappa shape index (κ2) is 9.73. The molecular formula is C20H15ClF2N2O4S. The summed E-state index contributed by atoms with van der Waals surface area (Å²) < 4.78 is 28.7. The van der Waals surface area contributed by atoms with Crippen LogP contribution in [0.1, 0.15) is 15.9 Å². The highest BCUT2D eigenvalue weighted by Crippen LogP contribution is 2.32. The normalized spacial score (nSPS) is 15.2. The predicted octanol–water partition coefficient (Wildman–Crippen LogP) is 4.41. The van der Waals surface area contributed by atoms with Crippen LogP contribution in [0.3, 0.4) is 0 Å². The number of amides is 3. The molecule has 1 N–H and O–H groups in total. The lowest BCUT2D eigenvalue weighted by atomic mass is 10.2. The Labute approximate surface area is 179 Å². The van der Waals surface area contributed by atoms with E-state index in [1.54, 1.807) is 24.3 Å². The number of benzene rings is 2. The maximum absolute atomic E-state index is 12.5. The van der Waals surface area contributed by atoms with Crippen LogP contribution < -0.4 is 10.1 Å². The highest BCUT2D eigenvalue weighted by atomic mass is 35.5. The van der Waals surface area contributed by atoms with E-state index >= 15 is 0 Å². The Morgan fingerprint density at radius 1 is 1.17 bits per heavy atom. The second-order valence-corrected chi connectivity index (χ2v) is 7.42. The third-order valence-corrected chi connectivity index (χ3v) is 5.25. The van der Waals surface area contributed by atoms with Crippen molar-refractivity contribution in [2.24, 2.45) is 0 Å². The second-order valence-electron chi connectivity index (χ2n) is 6.02. The van der Waals surface area contributed by atoms with Crippen LogP contribution in [0.15, 0.2) is 53.4 Å². The summed E-state index contributed by atoms with van der Waals surface area (Å²) in [5, 5.41) is 2.46. The first-order valence-electron chi connectivity index (χ1n) is 8.68. The van der Waals surface area contributed by atoms with Crippen LogP contribution in [-0.2, 0) is 4.79 Å². The van der Waals surface area contributed by atoms with Gasteiger partial charge in [-0.15, -0.1) is 0 Å². The molecule has 3 rings (SSSR count). The third kappa shape index (κ3) is 5.37. The molecule has 0 aromatic heterocycles. The lowest BCUT2D eigenvalue weighted by Gasteiger charge is -2.13. The number of hydrogen-bond acceptors (Lipinski definition) is 5. The SMILES string of the molecule is O=C(NCCN1C(=O)S/C(=C\c2ccc(OC(F)F)cc2)C1=O)c1ccccc1Cl. The van der Waals surface area contributed by atoms with Gasteiger partial charge in [0.15, 0.2) is 0 Å². The van der Waals surface area contributed by atoms with Gasteiger partial charge in [0.25, 0.3) is 17.1 Å². The minimum Gasteiger partial charge on any atom is -0.435 e. The number of imide groups is 1. The zero-order chi connectivity index (χ0) is 21.7. The highest BCUT2D eigenvalue weighted by molar-refractivity contribution is 8.18. The summed E-state index contributed by atoms with van der Waals surface area (Å²) in [6.07, 6.45) is 1.49. The molecule has 0 aliphatic carbocycles. The van der Waals surface area contributed by atoms with Crippen molar-refractivity contribution in [3.8, 4) is 5.75 Å². The molecule has 1 aliphatic heterocycles. The summed E-state index contributed by atoms with van der Waals surface area (Å²) in [4.78, 5) is 38.0. The Morgan fingerprint density at radius 2 is 1.87 bits per heavy atom. The molecule has 0 spiro atoms. The molecule has 0 unspecified atom stereocenters. The van der Waals surface area contributed by atoms with E-state index in [1.165, 1.54) is 30.3 Å². The van der Waals surface area contributed by atoms with Crippen molar-refractivity contribution in [2.45, 2.75) is 6.61 Å². The molecule has 0 atom stereocenters. The lowest BCUT2D eigenvalue weighted by Crippen LogP contribution is -2.37. The maximum atomic E-state index is 12.5. The molecule has 1 saturated heterocycles. The fourth-order valence-corrected chi connectivity index (χ4v) is 3.70. The number of rotatable bonds is 7. The predicted molar refractivity (Wildman–Crippen MR) is 110 cm³/mol. The van der Waals surface area contributed by atoms with E-state index in [-0.39, 0.29) is 23.7 Å². The zero-order valence-corrected chi connectivity index (χ0v) is 16.9. The number of hydrogen-bond donors (Lipinski definition) is 1. The molecule has 1 aliphatic rings. The molecule has 1 heterocycles. The lowest BCUT2D eigenvalue weighted by molar-refractivity contribution is -0.122. The average Bonchev–Trinajstić information content (AvgIpc) is 2.96. The summed E-state index contributed by atoms with van der Waals surface area (Å²) in [6.45, 7) is -2.86. The number of thioether (sulfide) groups is 1. The number of carbonyl (C=O) groups is 3. The van der Waals surface area contributed by atoms with E-state index < -0.39 is 23.7 Å². The number of ether oxygens (including phenoxy) is 1. The molecule has 30 heavy (non-hydrogen) atoms. The first-order chi connectivity index (χ1) is 14.3. The van der Waals surface area contributed by atoms with Crippen molar-refractivity contribution in [1.29, 1.82) is 0 Å². The van der Waals surface area contributed by atoms with Crippen LogP contribution in [0.25, 0.3) is 6.08 Å². The van der Waals surface area contributed by atoms with Gasteiger partial charge in [0, 0.05) is 13.1 Å². The van der Waals surface area contributed by atoms with Gasteiger partial charge in [-0.05, 0) is 47.7 Å². The largest absolute Gasteiger partial charge is 0.435 e. The number of alkyl halides is 2. The van der Waals surface area contributed by atoms with Crippen LogP contribution in [0, 0.1) is 0 Å². The molecule has 2 aromatic carbocycles. The Morgan fingerprint density at radius 3 is 2.53 bits per heavy atom. The van der Waals surface area contributed by atoms with Gasteiger partial charge in [-0.2, -0.15) is 8.78 Å². The number of nitrogens with zero attached hydrogens (tertiary/aromatic N) is 1. The van der Waals surface area contributed by atoms with Crippen LogP contribution in [0.4, 0.5) is 13.6 Å². The minimum absolute atomic E-state index is 0.000629. The molecular weight excluding hydrogens is 438 g/mol. The van der Waals surface area contributed by atoms with E-state index in [0.29, 0.717) is 16.1 Å². The topological polar surface area (TPSA) is 75.7 Å². The van der Waals surface area contributed by atoms with E-state index in [4.69, 9.17) is 11.6 Å². The van der Waals surface area contributed by atoms with Crippen molar-refractivity contribution < 1.29 is 27.9 Å². The smallest absolute Gasteiger partial charge is 0.387 e. The Hall–Kier alpha value is -2.91.